The fourth-order valence-corrected chi connectivity index (χ4v) is 2.73. The molecule has 0 aliphatic carbocycles. The third kappa shape index (κ3) is 3.66. The van der Waals surface area contributed by atoms with Gasteiger partial charge in [0.2, 0.25) is 0 Å². The Morgan fingerprint density at radius 2 is 1.96 bits per heavy atom. The molecule has 1 N–H and O–H groups in total. The number of non-ortho nitro benzene ring substituents is 1. The van der Waals surface area contributed by atoms with Crippen molar-refractivity contribution in [2.24, 2.45) is 0 Å². The van der Waals surface area contributed by atoms with E-state index >= 15 is 0 Å². The predicted octanol–water partition coefficient (Wildman–Crippen LogP) is 4.88. The van der Waals surface area contributed by atoms with E-state index in [1.54, 1.807) is 18.2 Å². The molecule has 0 aliphatic heterocycles. The van der Waals surface area contributed by atoms with Gasteiger partial charge in [-0.05, 0) is 30.3 Å². The number of hydrogen-bond acceptors (Lipinski definition) is 4. The molecule has 0 fully saturated rings. The average Bonchev–Trinajstić information content (AvgIpc) is 2.56. The van der Waals surface area contributed by atoms with E-state index in [2.05, 4.69) is 9.97 Å². The summed E-state index contributed by atoms with van der Waals surface area (Å²) < 4.78 is 0. The van der Waals surface area contributed by atoms with Gasteiger partial charge in [0.15, 0.2) is 5.82 Å². The van der Waals surface area contributed by atoms with E-state index in [0.717, 1.165) is 0 Å². The lowest BCUT2D eigenvalue weighted by atomic mass is 10.2. The normalized spacial score (nSPS) is 11.7. The standard InChI is InChI=1S/C16H8Cl3N3O3/c17-9-1-3-11-14(7-9)20-15(21-16(11)23)13(19)6-8-5-10(22(24)25)2-4-12(8)18/h1-7H,(H,20,21,23). The van der Waals surface area contributed by atoms with Gasteiger partial charge in [-0.2, -0.15) is 0 Å². The van der Waals surface area contributed by atoms with Crippen LogP contribution >= 0.6 is 34.8 Å². The first-order chi connectivity index (χ1) is 11.8. The van der Waals surface area contributed by atoms with Crippen LogP contribution in [0.15, 0.2) is 41.2 Å². The monoisotopic (exact) mass is 395 g/mol. The highest BCUT2D eigenvalue weighted by atomic mass is 35.5. The van der Waals surface area contributed by atoms with Crippen molar-refractivity contribution < 1.29 is 4.92 Å². The van der Waals surface area contributed by atoms with Crippen LogP contribution in [0.4, 0.5) is 5.69 Å². The number of aromatic amines is 1. The van der Waals surface area contributed by atoms with Crippen LogP contribution in [0.25, 0.3) is 22.0 Å². The van der Waals surface area contributed by atoms with Crippen LogP contribution in [-0.2, 0) is 0 Å². The van der Waals surface area contributed by atoms with E-state index in [1.165, 1.54) is 24.3 Å². The molecule has 0 saturated heterocycles. The van der Waals surface area contributed by atoms with Crippen molar-refractivity contribution in [1.82, 2.24) is 9.97 Å². The van der Waals surface area contributed by atoms with Crippen LogP contribution in [0, 0.1) is 10.1 Å². The molecular weight excluding hydrogens is 389 g/mol. The van der Waals surface area contributed by atoms with Crippen molar-refractivity contribution in [3.05, 3.63) is 78.3 Å². The quantitative estimate of drug-likeness (QED) is 0.505. The second-order valence-corrected chi connectivity index (χ2v) is 6.28. The van der Waals surface area contributed by atoms with Crippen molar-refractivity contribution in [3.63, 3.8) is 0 Å². The highest BCUT2D eigenvalue weighted by Crippen LogP contribution is 2.27. The van der Waals surface area contributed by atoms with E-state index in [4.69, 9.17) is 34.8 Å². The van der Waals surface area contributed by atoms with Crippen LogP contribution in [-0.4, -0.2) is 14.9 Å². The number of rotatable bonds is 3. The summed E-state index contributed by atoms with van der Waals surface area (Å²) in [5, 5.41) is 12.0. The van der Waals surface area contributed by atoms with Crippen molar-refractivity contribution in [2.75, 3.05) is 0 Å². The molecular formula is C16H8Cl3N3O3. The summed E-state index contributed by atoms with van der Waals surface area (Å²) in [6.45, 7) is 0. The summed E-state index contributed by atoms with van der Waals surface area (Å²) in [5.74, 6) is 0.101. The maximum absolute atomic E-state index is 12.1. The van der Waals surface area contributed by atoms with Crippen LogP contribution in [0.1, 0.15) is 11.4 Å². The third-order valence-electron chi connectivity index (χ3n) is 3.37. The zero-order chi connectivity index (χ0) is 18.1. The second kappa shape index (κ2) is 6.84. The predicted molar refractivity (Wildman–Crippen MR) is 99.2 cm³/mol. The first-order valence-electron chi connectivity index (χ1n) is 6.86. The number of benzene rings is 2. The summed E-state index contributed by atoms with van der Waals surface area (Å²) in [6, 6.07) is 8.64. The van der Waals surface area contributed by atoms with Crippen molar-refractivity contribution in [1.29, 1.82) is 0 Å². The number of nitrogens with zero attached hydrogens (tertiary/aromatic N) is 2. The summed E-state index contributed by atoms with van der Waals surface area (Å²) in [6.07, 6.45) is 1.39. The van der Waals surface area contributed by atoms with E-state index in [9.17, 15) is 14.9 Å². The van der Waals surface area contributed by atoms with Gasteiger partial charge in [-0.1, -0.05) is 34.8 Å². The average molecular weight is 397 g/mol. The lowest BCUT2D eigenvalue weighted by Crippen LogP contribution is -2.10. The molecule has 2 aromatic carbocycles. The van der Waals surface area contributed by atoms with E-state index in [1.807, 2.05) is 0 Å². The molecule has 1 heterocycles. The maximum Gasteiger partial charge on any atom is 0.270 e. The van der Waals surface area contributed by atoms with Crippen LogP contribution in [0.3, 0.4) is 0 Å². The van der Waals surface area contributed by atoms with Gasteiger partial charge >= 0.3 is 0 Å². The van der Waals surface area contributed by atoms with Crippen molar-refractivity contribution in [2.45, 2.75) is 0 Å². The topological polar surface area (TPSA) is 88.9 Å². The fourth-order valence-electron chi connectivity index (χ4n) is 2.19. The van der Waals surface area contributed by atoms with Crippen molar-refractivity contribution >= 4 is 62.5 Å². The molecule has 3 rings (SSSR count). The number of nitrogens with one attached hydrogen (secondary N) is 1. The molecule has 0 radical (unpaired) electrons. The zero-order valence-corrected chi connectivity index (χ0v) is 14.6. The molecule has 3 aromatic rings. The summed E-state index contributed by atoms with van der Waals surface area (Å²) >= 11 is 18.2. The fraction of sp³-hybridized carbons (Fsp3) is 0. The molecule has 0 saturated carbocycles. The molecule has 9 heteroatoms. The van der Waals surface area contributed by atoms with Gasteiger partial charge in [0, 0.05) is 27.7 Å². The Morgan fingerprint density at radius 3 is 2.68 bits per heavy atom. The number of nitro groups is 1. The molecule has 1 aromatic heterocycles. The van der Waals surface area contributed by atoms with Crippen LogP contribution in [0.2, 0.25) is 10.0 Å². The lowest BCUT2D eigenvalue weighted by Gasteiger charge is -2.04. The largest absolute Gasteiger partial charge is 0.305 e. The summed E-state index contributed by atoms with van der Waals surface area (Å²) in [7, 11) is 0. The number of nitro benzene ring substituents is 1. The Hall–Kier alpha value is -2.41. The maximum atomic E-state index is 12.1. The Kier molecular flexibility index (Phi) is 4.76. The van der Waals surface area contributed by atoms with Gasteiger partial charge in [0.1, 0.15) is 0 Å². The summed E-state index contributed by atoms with van der Waals surface area (Å²) in [5.41, 5.74) is 0.192. The van der Waals surface area contributed by atoms with Crippen molar-refractivity contribution in [3.8, 4) is 0 Å². The van der Waals surface area contributed by atoms with Gasteiger partial charge in [-0.25, -0.2) is 4.98 Å². The Morgan fingerprint density at radius 1 is 1.20 bits per heavy atom. The summed E-state index contributed by atoms with van der Waals surface area (Å²) in [4.78, 5) is 29.3. The Labute approximate surface area is 155 Å². The van der Waals surface area contributed by atoms with E-state index in [-0.39, 0.29) is 27.1 Å². The number of fused-ring (bicyclic) bond motifs is 1. The number of H-pyrrole nitrogens is 1. The van der Waals surface area contributed by atoms with Gasteiger partial charge in [0.05, 0.1) is 20.9 Å². The highest BCUT2D eigenvalue weighted by molar-refractivity contribution is 6.51. The Balaban J connectivity index is 2.12. The molecule has 0 unspecified atom stereocenters. The van der Waals surface area contributed by atoms with E-state index < -0.39 is 4.92 Å². The first kappa shape index (κ1) is 17.4. The first-order valence-corrected chi connectivity index (χ1v) is 7.99. The minimum absolute atomic E-state index is 0.0707. The molecule has 0 spiro atoms. The lowest BCUT2D eigenvalue weighted by molar-refractivity contribution is -0.384. The number of hydrogen-bond donors (Lipinski definition) is 1. The van der Waals surface area contributed by atoms with Gasteiger partial charge < -0.3 is 4.98 Å². The molecule has 0 bridgehead atoms. The molecule has 0 aliphatic rings. The van der Waals surface area contributed by atoms with Gasteiger partial charge in [-0.3, -0.25) is 14.9 Å². The van der Waals surface area contributed by atoms with Crippen LogP contribution in [0.5, 0.6) is 0 Å². The Bertz CT molecular complexity index is 1090. The molecule has 0 atom stereocenters. The van der Waals surface area contributed by atoms with Gasteiger partial charge in [-0.15, -0.1) is 0 Å². The molecule has 0 amide bonds. The minimum Gasteiger partial charge on any atom is -0.305 e. The SMILES string of the molecule is O=c1[nH]c(C(Cl)=Cc2cc([N+](=O)[O-])ccc2Cl)nc2cc(Cl)ccc12. The number of aromatic nitrogens is 2. The zero-order valence-electron chi connectivity index (χ0n) is 12.3. The minimum atomic E-state index is -0.542. The van der Waals surface area contributed by atoms with Crippen LogP contribution < -0.4 is 5.56 Å². The highest BCUT2D eigenvalue weighted by Gasteiger charge is 2.11. The third-order valence-corrected chi connectivity index (χ3v) is 4.23. The smallest absolute Gasteiger partial charge is 0.270 e. The second-order valence-electron chi connectivity index (χ2n) is 5.03. The van der Waals surface area contributed by atoms with E-state index in [0.29, 0.717) is 21.5 Å². The van der Waals surface area contributed by atoms with Gasteiger partial charge in [0.25, 0.3) is 11.2 Å². The number of halogens is 3. The molecule has 6 nitrogen and oxygen atoms in total. The molecule has 25 heavy (non-hydrogen) atoms. The molecule has 126 valence electrons.